The first-order valence-corrected chi connectivity index (χ1v) is 8.82. The SMILES string of the molecule is Cc1cc(NC(=O)COc2ccc3ccccc3c2)n(-c2ccc(F)cc2)n1. The highest BCUT2D eigenvalue weighted by Crippen LogP contribution is 2.21. The summed E-state index contributed by atoms with van der Waals surface area (Å²) in [6, 6.07) is 21.3. The van der Waals surface area contributed by atoms with Crippen LogP contribution in [0.2, 0.25) is 0 Å². The van der Waals surface area contributed by atoms with Gasteiger partial charge in [-0.3, -0.25) is 4.79 Å². The van der Waals surface area contributed by atoms with E-state index in [1.165, 1.54) is 12.1 Å². The molecule has 0 unspecified atom stereocenters. The summed E-state index contributed by atoms with van der Waals surface area (Å²) in [5, 5.41) is 9.31. The molecule has 0 bridgehead atoms. The number of anilines is 1. The number of halogens is 1. The van der Waals surface area contributed by atoms with E-state index in [9.17, 15) is 9.18 Å². The van der Waals surface area contributed by atoms with Gasteiger partial charge >= 0.3 is 0 Å². The van der Waals surface area contributed by atoms with Gasteiger partial charge < -0.3 is 10.1 Å². The molecule has 5 nitrogen and oxygen atoms in total. The van der Waals surface area contributed by atoms with Crippen molar-refractivity contribution in [1.82, 2.24) is 9.78 Å². The molecular formula is C22H18FN3O2. The van der Waals surface area contributed by atoms with Crippen LogP contribution >= 0.6 is 0 Å². The van der Waals surface area contributed by atoms with E-state index in [4.69, 9.17) is 4.74 Å². The summed E-state index contributed by atoms with van der Waals surface area (Å²) < 4.78 is 20.3. The number of nitrogens with one attached hydrogen (secondary N) is 1. The molecule has 1 heterocycles. The number of hydrogen-bond donors (Lipinski definition) is 1. The number of rotatable bonds is 5. The minimum atomic E-state index is -0.331. The first kappa shape index (κ1) is 17.7. The van der Waals surface area contributed by atoms with Gasteiger partial charge in [-0.15, -0.1) is 0 Å². The number of fused-ring (bicyclic) bond motifs is 1. The van der Waals surface area contributed by atoms with Gasteiger partial charge in [0.05, 0.1) is 11.4 Å². The van der Waals surface area contributed by atoms with Crippen LogP contribution in [-0.2, 0) is 4.79 Å². The Labute approximate surface area is 161 Å². The Kier molecular flexibility index (Phi) is 4.76. The normalized spacial score (nSPS) is 10.8. The predicted octanol–water partition coefficient (Wildman–Crippen LogP) is 4.49. The van der Waals surface area contributed by atoms with Crippen molar-refractivity contribution < 1.29 is 13.9 Å². The third-order valence-corrected chi connectivity index (χ3v) is 4.26. The summed E-state index contributed by atoms with van der Waals surface area (Å²) in [6.45, 7) is 1.69. The van der Waals surface area contributed by atoms with E-state index in [-0.39, 0.29) is 18.3 Å². The summed E-state index contributed by atoms with van der Waals surface area (Å²) in [5.41, 5.74) is 1.38. The van der Waals surface area contributed by atoms with Crippen LogP contribution in [0, 0.1) is 12.7 Å². The number of nitrogens with zero attached hydrogens (tertiary/aromatic N) is 2. The molecule has 1 N–H and O–H groups in total. The molecule has 0 aliphatic carbocycles. The molecule has 140 valence electrons. The molecular weight excluding hydrogens is 357 g/mol. The van der Waals surface area contributed by atoms with E-state index in [0.29, 0.717) is 17.3 Å². The number of ether oxygens (including phenoxy) is 1. The molecule has 1 aromatic heterocycles. The van der Waals surface area contributed by atoms with Crippen LogP contribution in [0.25, 0.3) is 16.5 Å². The molecule has 28 heavy (non-hydrogen) atoms. The fourth-order valence-corrected chi connectivity index (χ4v) is 2.95. The maximum Gasteiger partial charge on any atom is 0.263 e. The summed E-state index contributed by atoms with van der Waals surface area (Å²) >= 11 is 0. The van der Waals surface area contributed by atoms with Gasteiger partial charge in [-0.1, -0.05) is 30.3 Å². The molecule has 0 saturated carbocycles. The molecule has 0 saturated heterocycles. The van der Waals surface area contributed by atoms with Crippen molar-refractivity contribution in [2.24, 2.45) is 0 Å². The minimum Gasteiger partial charge on any atom is -0.484 e. The van der Waals surface area contributed by atoms with Gasteiger partial charge in [0.25, 0.3) is 5.91 Å². The molecule has 4 aromatic rings. The number of carbonyl (C=O) groups excluding carboxylic acids is 1. The zero-order valence-corrected chi connectivity index (χ0v) is 15.2. The van der Waals surface area contributed by atoms with Gasteiger partial charge in [-0.05, 0) is 54.1 Å². The van der Waals surface area contributed by atoms with E-state index < -0.39 is 0 Å². The van der Waals surface area contributed by atoms with Crippen molar-refractivity contribution in [3.05, 3.63) is 84.3 Å². The van der Waals surface area contributed by atoms with Crippen LogP contribution in [0.15, 0.2) is 72.8 Å². The number of carbonyl (C=O) groups is 1. The Morgan fingerprint density at radius 1 is 1.04 bits per heavy atom. The van der Waals surface area contributed by atoms with Gasteiger partial charge in [-0.2, -0.15) is 5.10 Å². The number of benzene rings is 3. The molecule has 0 atom stereocenters. The average molecular weight is 375 g/mol. The molecule has 6 heteroatoms. The van der Waals surface area contributed by atoms with Crippen LogP contribution in [-0.4, -0.2) is 22.3 Å². The van der Waals surface area contributed by atoms with E-state index >= 15 is 0 Å². The average Bonchev–Trinajstić information content (AvgIpc) is 3.06. The van der Waals surface area contributed by atoms with Gasteiger partial charge in [-0.25, -0.2) is 9.07 Å². The third kappa shape index (κ3) is 3.86. The molecule has 0 spiro atoms. The van der Waals surface area contributed by atoms with Crippen LogP contribution < -0.4 is 10.1 Å². The van der Waals surface area contributed by atoms with Gasteiger partial charge in [0.1, 0.15) is 17.4 Å². The Morgan fingerprint density at radius 3 is 2.57 bits per heavy atom. The minimum absolute atomic E-state index is 0.133. The molecule has 4 rings (SSSR count). The van der Waals surface area contributed by atoms with Crippen molar-refractivity contribution in [3.63, 3.8) is 0 Å². The Bertz CT molecular complexity index is 1140. The monoisotopic (exact) mass is 375 g/mol. The van der Waals surface area contributed by atoms with Crippen LogP contribution in [0.1, 0.15) is 5.69 Å². The van der Waals surface area contributed by atoms with Crippen LogP contribution in [0.5, 0.6) is 5.75 Å². The number of amides is 1. The molecule has 0 aliphatic heterocycles. The van der Waals surface area contributed by atoms with Gasteiger partial charge in [0.15, 0.2) is 6.61 Å². The van der Waals surface area contributed by atoms with E-state index in [1.807, 2.05) is 49.4 Å². The Balaban J connectivity index is 1.45. The van der Waals surface area contributed by atoms with Crippen LogP contribution in [0.4, 0.5) is 10.2 Å². The van der Waals surface area contributed by atoms with E-state index in [1.54, 1.807) is 22.9 Å². The predicted molar refractivity (Wildman–Crippen MR) is 106 cm³/mol. The lowest BCUT2D eigenvalue weighted by Gasteiger charge is -2.10. The number of aryl methyl sites for hydroxylation is 1. The second-order valence-corrected chi connectivity index (χ2v) is 6.40. The van der Waals surface area contributed by atoms with Crippen LogP contribution in [0.3, 0.4) is 0 Å². The zero-order valence-electron chi connectivity index (χ0n) is 15.2. The molecule has 1 amide bonds. The second-order valence-electron chi connectivity index (χ2n) is 6.40. The summed E-state index contributed by atoms with van der Waals surface area (Å²) in [5.74, 6) is 0.478. The van der Waals surface area contributed by atoms with Gasteiger partial charge in [0, 0.05) is 6.07 Å². The molecule has 3 aromatic carbocycles. The Hall–Kier alpha value is -3.67. The van der Waals surface area contributed by atoms with Crippen molar-refractivity contribution >= 4 is 22.5 Å². The zero-order chi connectivity index (χ0) is 19.5. The maximum atomic E-state index is 13.2. The summed E-state index contributed by atoms with van der Waals surface area (Å²) in [7, 11) is 0. The lowest BCUT2D eigenvalue weighted by atomic mass is 10.1. The fraction of sp³-hybridized carbons (Fsp3) is 0.0909. The Morgan fingerprint density at radius 2 is 1.79 bits per heavy atom. The lowest BCUT2D eigenvalue weighted by Crippen LogP contribution is -2.21. The van der Waals surface area contributed by atoms with Crippen molar-refractivity contribution in [2.45, 2.75) is 6.92 Å². The van der Waals surface area contributed by atoms with Crippen molar-refractivity contribution in [3.8, 4) is 11.4 Å². The highest BCUT2D eigenvalue weighted by molar-refractivity contribution is 5.91. The smallest absolute Gasteiger partial charge is 0.263 e. The summed E-state index contributed by atoms with van der Waals surface area (Å²) in [6.07, 6.45) is 0. The van der Waals surface area contributed by atoms with E-state index in [2.05, 4.69) is 10.4 Å². The highest BCUT2D eigenvalue weighted by atomic mass is 19.1. The first-order valence-electron chi connectivity index (χ1n) is 8.82. The molecule has 0 radical (unpaired) electrons. The quantitative estimate of drug-likeness (QED) is 0.559. The van der Waals surface area contributed by atoms with Gasteiger partial charge in [0.2, 0.25) is 0 Å². The first-order chi connectivity index (χ1) is 13.6. The topological polar surface area (TPSA) is 56.1 Å². The molecule has 0 aliphatic rings. The lowest BCUT2D eigenvalue weighted by molar-refractivity contribution is -0.118. The third-order valence-electron chi connectivity index (χ3n) is 4.26. The largest absolute Gasteiger partial charge is 0.484 e. The maximum absolute atomic E-state index is 13.2. The number of aromatic nitrogens is 2. The van der Waals surface area contributed by atoms with Crippen molar-refractivity contribution in [2.75, 3.05) is 11.9 Å². The fourth-order valence-electron chi connectivity index (χ4n) is 2.95. The second kappa shape index (κ2) is 7.52. The molecule has 0 fully saturated rings. The van der Waals surface area contributed by atoms with E-state index in [0.717, 1.165) is 16.5 Å². The standard InChI is InChI=1S/C22H18FN3O2/c1-15-12-21(26(25-15)19-9-7-18(23)8-10-19)24-22(27)14-28-20-11-6-16-4-2-3-5-17(16)13-20/h2-13H,14H2,1H3,(H,24,27). The number of hydrogen-bond acceptors (Lipinski definition) is 3. The highest BCUT2D eigenvalue weighted by Gasteiger charge is 2.12. The van der Waals surface area contributed by atoms with Crippen molar-refractivity contribution in [1.29, 1.82) is 0 Å². The summed E-state index contributed by atoms with van der Waals surface area (Å²) in [4.78, 5) is 12.4.